The Labute approximate surface area is 102 Å². The van der Waals surface area contributed by atoms with E-state index in [1.807, 2.05) is 20.3 Å². The van der Waals surface area contributed by atoms with Crippen LogP contribution in [0.1, 0.15) is 24.8 Å². The third-order valence-electron chi connectivity index (χ3n) is 3.16. The smallest absolute Gasteiger partial charge is 0.239 e. The van der Waals surface area contributed by atoms with E-state index in [1.165, 1.54) is 6.42 Å². The van der Waals surface area contributed by atoms with Gasteiger partial charge in [-0.1, -0.05) is 6.42 Å². The molecule has 1 aromatic rings. The van der Waals surface area contributed by atoms with Gasteiger partial charge in [0.2, 0.25) is 5.91 Å². The van der Waals surface area contributed by atoms with Crippen LogP contribution in [0.2, 0.25) is 0 Å². The van der Waals surface area contributed by atoms with Gasteiger partial charge < -0.3 is 10.2 Å². The normalized spacial score (nSPS) is 20.2. The van der Waals surface area contributed by atoms with Crippen molar-refractivity contribution < 1.29 is 4.79 Å². The van der Waals surface area contributed by atoms with Crippen molar-refractivity contribution in [2.24, 2.45) is 7.05 Å². The Balaban J connectivity index is 1.90. The molecular weight excluding hydrogens is 216 g/mol. The maximum atomic E-state index is 12.1. The first-order valence-electron chi connectivity index (χ1n) is 6.12. The van der Waals surface area contributed by atoms with Crippen LogP contribution >= 0.6 is 0 Å². The summed E-state index contributed by atoms with van der Waals surface area (Å²) in [6.07, 6.45) is 7.02. The minimum absolute atomic E-state index is 0.00502. The molecule has 0 bridgehead atoms. The van der Waals surface area contributed by atoms with Crippen LogP contribution in [-0.2, 0) is 18.4 Å². The van der Waals surface area contributed by atoms with Gasteiger partial charge in [0.05, 0.1) is 12.2 Å². The lowest BCUT2D eigenvalue weighted by Gasteiger charge is -2.27. The number of aromatic nitrogens is 2. The van der Waals surface area contributed by atoms with Gasteiger partial charge in [0, 0.05) is 32.4 Å². The van der Waals surface area contributed by atoms with Gasteiger partial charge in [-0.15, -0.1) is 0 Å². The van der Waals surface area contributed by atoms with Gasteiger partial charge in [0.1, 0.15) is 0 Å². The van der Waals surface area contributed by atoms with Crippen LogP contribution in [0.4, 0.5) is 0 Å². The molecule has 0 unspecified atom stereocenters. The first-order valence-corrected chi connectivity index (χ1v) is 6.12. The van der Waals surface area contributed by atoms with Gasteiger partial charge in [-0.25, -0.2) is 0 Å². The standard InChI is InChI=1S/C12H20N4O/c1-15(8-10-7-14-16(2)9-10)12(17)11-5-3-4-6-13-11/h7,9,11,13H,3-6,8H2,1-2H3/t11-/m0/s1. The fourth-order valence-electron chi connectivity index (χ4n) is 2.23. The van der Waals surface area contributed by atoms with Gasteiger partial charge in [0.25, 0.3) is 0 Å². The Hall–Kier alpha value is -1.36. The molecule has 2 rings (SSSR count). The minimum atomic E-state index is 0.00502. The van der Waals surface area contributed by atoms with Crippen LogP contribution in [0.25, 0.3) is 0 Å². The molecule has 1 aliphatic heterocycles. The lowest BCUT2D eigenvalue weighted by Crippen LogP contribution is -2.46. The summed E-state index contributed by atoms with van der Waals surface area (Å²) in [4.78, 5) is 13.9. The Bertz CT molecular complexity index is 382. The van der Waals surface area contributed by atoms with E-state index in [4.69, 9.17) is 0 Å². The van der Waals surface area contributed by atoms with Crippen LogP contribution < -0.4 is 5.32 Å². The van der Waals surface area contributed by atoms with Crippen LogP contribution in [0.3, 0.4) is 0 Å². The molecule has 0 aliphatic carbocycles. The number of nitrogens with zero attached hydrogens (tertiary/aromatic N) is 3. The topological polar surface area (TPSA) is 50.2 Å². The van der Waals surface area contributed by atoms with Crippen molar-refractivity contribution >= 4 is 5.91 Å². The van der Waals surface area contributed by atoms with E-state index in [-0.39, 0.29) is 11.9 Å². The van der Waals surface area contributed by atoms with E-state index < -0.39 is 0 Å². The maximum Gasteiger partial charge on any atom is 0.239 e. The highest BCUT2D eigenvalue weighted by Gasteiger charge is 2.23. The zero-order chi connectivity index (χ0) is 12.3. The second kappa shape index (κ2) is 5.31. The van der Waals surface area contributed by atoms with E-state index in [2.05, 4.69) is 10.4 Å². The van der Waals surface area contributed by atoms with Gasteiger partial charge >= 0.3 is 0 Å². The number of carbonyl (C=O) groups excluding carboxylic acids is 1. The second-order valence-electron chi connectivity index (χ2n) is 4.72. The molecule has 1 N–H and O–H groups in total. The summed E-state index contributed by atoms with van der Waals surface area (Å²) in [5.41, 5.74) is 1.07. The van der Waals surface area contributed by atoms with Gasteiger partial charge in [-0.05, 0) is 19.4 Å². The molecular formula is C12H20N4O. The van der Waals surface area contributed by atoms with E-state index in [0.717, 1.165) is 24.9 Å². The number of rotatable bonds is 3. The van der Waals surface area contributed by atoms with Crippen molar-refractivity contribution in [3.63, 3.8) is 0 Å². The molecule has 0 saturated carbocycles. The number of hydrogen-bond donors (Lipinski definition) is 1. The van der Waals surface area contributed by atoms with Crippen LogP contribution in [-0.4, -0.2) is 40.2 Å². The third-order valence-corrected chi connectivity index (χ3v) is 3.16. The Morgan fingerprint density at radius 2 is 2.47 bits per heavy atom. The summed E-state index contributed by atoms with van der Waals surface area (Å²) in [7, 11) is 3.74. The first kappa shape index (κ1) is 12.1. The van der Waals surface area contributed by atoms with Crippen molar-refractivity contribution in [3.8, 4) is 0 Å². The quantitative estimate of drug-likeness (QED) is 0.832. The number of hydrogen-bond acceptors (Lipinski definition) is 3. The Morgan fingerprint density at radius 1 is 1.65 bits per heavy atom. The molecule has 1 aliphatic rings. The fourth-order valence-corrected chi connectivity index (χ4v) is 2.23. The minimum Gasteiger partial charge on any atom is -0.340 e. The lowest BCUT2D eigenvalue weighted by atomic mass is 10.0. The van der Waals surface area contributed by atoms with Crippen molar-refractivity contribution in [2.45, 2.75) is 31.8 Å². The van der Waals surface area contributed by atoms with Crippen LogP contribution in [0.15, 0.2) is 12.4 Å². The molecule has 2 heterocycles. The third kappa shape index (κ3) is 3.06. The molecule has 1 saturated heterocycles. The summed E-state index contributed by atoms with van der Waals surface area (Å²) in [6, 6.07) is 0.00502. The van der Waals surface area contributed by atoms with E-state index in [0.29, 0.717) is 6.54 Å². The average Bonchev–Trinajstić information content (AvgIpc) is 2.75. The van der Waals surface area contributed by atoms with Crippen molar-refractivity contribution in [1.82, 2.24) is 20.0 Å². The van der Waals surface area contributed by atoms with Crippen molar-refractivity contribution in [1.29, 1.82) is 0 Å². The van der Waals surface area contributed by atoms with Crippen molar-refractivity contribution in [3.05, 3.63) is 18.0 Å². The summed E-state index contributed by atoms with van der Waals surface area (Å²) < 4.78 is 1.76. The highest BCUT2D eigenvalue weighted by molar-refractivity contribution is 5.81. The highest BCUT2D eigenvalue weighted by atomic mass is 16.2. The fraction of sp³-hybridized carbons (Fsp3) is 0.667. The summed E-state index contributed by atoms with van der Waals surface area (Å²) in [5, 5.41) is 7.38. The number of nitrogens with one attached hydrogen (secondary N) is 1. The zero-order valence-corrected chi connectivity index (χ0v) is 10.5. The average molecular weight is 236 g/mol. The molecule has 1 aromatic heterocycles. The van der Waals surface area contributed by atoms with Crippen LogP contribution in [0.5, 0.6) is 0 Å². The van der Waals surface area contributed by atoms with E-state index >= 15 is 0 Å². The van der Waals surface area contributed by atoms with E-state index in [1.54, 1.807) is 15.8 Å². The number of piperidine rings is 1. The summed E-state index contributed by atoms with van der Waals surface area (Å²) in [5.74, 6) is 0.188. The number of aryl methyl sites for hydroxylation is 1. The molecule has 0 radical (unpaired) electrons. The number of amides is 1. The maximum absolute atomic E-state index is 12.1. The van der Waals surface area contributed by atoms with Gasteiger partial charge in [-0.3, -0.25) is 9.48 Å². The lowest BCUT2D eigenvalue weighted by molar-refractivity contribution is -0.133. The monoisotopic (exact) mass is 236 g/mol. The molecule has 5 heteroatoms. The zero-order valence-electron chi connectivity index (χ0n) is 10.5. The molecule has 1 fully saturated rings. The molecule has 5 nitrogen and oxygen atoms in total. The Kier molecular flexibility index (Phi) is 3.78. The molecule has 0 aromatic carbocycles. The Morgan fingerprint density at radius 3 is 3.06 bits per heavy atom. The second-order valence-corrected chi connectivity index (χ2v) is 4.72. The summed E-state index contributed by atoms with van der Waals surface area (Å²) >= 11 is 0. The van der Waals surface area contributed by atoms with Gasteiger partial charge in [0.15, 0.2) is 0 Å². The largest absolute Gasteiger partial charge is 0.340 e. The van der Waals surface area contributed by atoms with E-state index in [9.17, 15) is 4.79 Å². The first-order chi connectivity index (χ1) is 8.16. The van der Waals surface area contributed by atoms with Crippen LogP contribution in [0, 0.1) is 0 Å². The van der Waals surface area contributed by atoms with Crippen molar-refractivity contribution in [2.75, 3.05) is 13.6 Å². The SMILES string of the molecule is CN(Cc1cnn(C)c1)C(=O)[C@@H]1CCCCN1. The predicted molar refractivity (Wildman–Crippen MR) is 65.3 cm³/mol. The highest BCUT2D eigenvalue weighted by Crippen LogP contribution is 2.11. The molecule has 1 atom stereocenters. The molecule has 17 heavy (non-hydrogen) atoms. The summed E-state index contributed by atoms with van der Waals surface area (Å²) in [6.45, 7) is 1.59. The molecule has 0 spiro atoms. The molecule has 1 amide bonds. The molecule has 94 valence electrons. The van der Waals surface area contributed by atoms with Gasteiger partial charge in [-0.2, -0.15) is 5.10 Å². The predicted octanol–water partition coefficient (Wildman–Crippen LogP) is 0.521. The number of likely N-dealkylation sites (N-methyl/N-ethyl adjacent to an activating group) is 1. The number of carbonyl (C=O) groups is 1.